The van der Waals surface area contributed by atoms with Crippen molar-refractivity contribution in [2.45, 2.75) is 70.7 Å². The number of carbonyl (C=O) groups is 1. The molecule has 1 saturated heterocycles. The number of unbranched alkanes of at least 4 members (excludes halogenated alkanes) is 4. The van der Waals surface area contributed by atoms with Crippen LogP contribution in [0.1, 0.15) is 58.3 Å². The van der Waals surface area contributed by atoms with E-state index in [2.05, 4.69) is 13.5 Å². The molecular weight excluding hydrogens is 256 g/mol. The van der Waals surface area contributed by atoms with Gasteiger partial charge in [-0.1, -0.05) is 38.7 Å². The number of hydrogen-bond donors (Lipinski definition) is 0. The van der Waals surface area contributed by atoms with Crippen LogP contribution in [0.25, 0.3) is 0 Å². The third-order valence-corrected chi connectivity index (χ3v) is 3.36. The molecule has 1 aliphatic rings. The summed E-state index contributed by atoms with van der Waals surface area (Å²) in [6.07, 6.45) is 8.82. The van der Waals surface area contributed by atoms with Gasteiger partial charge in [0, 0.05) is 6.42 Å². The fraction of sp³-hybridized carbons (Fsp3) is 0.812. The maximum absolute atomic E-state index is 11.8. The molecule has 0 amide bonds. The molecule has 0 spiro atoms. The quantitative estimate of drug-likeness (QED) is 0.349. The van der Waals surface area contributed by atoms with E-state index in [1.165, 1.54) is 19.3 Å². The van der Waals surface area contributed by atoms with Gasteiger partial charge in [0.2, 0.25) is 0 Å². The smallest absolute Gasteiger partial charge is 0.306 e. The molecule has 1 fully saturated rings. The van der Waals surface area contributed by atoms with Gasteiger partial charge >= 0.3 is 5.97 Å². The second kappa shape index (κ2) is 10.9. The van der Waals surface area contributed by atoms with E-state index in [0.717, 1.165) is 25.7 Å². The molecular formula is C16H28O4. The minimum atomic E-state index is -0.439. The summed E-state index contributed by atoms with van der Waals surface area (Å²) in [5.74, 6) is -0.135. The van der Waals surface area contributed by atoms with Crippen molar-refractivity contribution < 1.29 is 19.0 Å². The summed E-state index contributed by atoms with van der Waals surface area (Å²) in [4.78, 5) is 11.8. The molecule has 1 rings (SSSR count). The maximum atomic E-state index is 11.8. The van der Waals surface area contributed by atoms with Crippen LogP contribution in [-0.4, -0.2) is 31.6 Å². The van der Waals surface area contributed by atoms with Gasteiger partial charge in [-0.05, 0) is 19.3 Å². The lowest BCUT2D eigenvalue weighted by Crippen LogP contribution is -2.39. The van der Waals surface area contributed by atoms with Crippen molar-refractivity contribution in [3.05, 3.63) is 12.7 Å². The Morgan fingerprint density at radius 2 is 2.15 bits per heavy atom. The lowest BCUT2D eigenvalue weighted by molar-refractivity contribution is -0.223. The Kier molecular flexibility index (Phi) is 9.33. The highest BCUT2D eigenvalue weighted by atomic mass is 16.7. The van der Waals surface area contributed by atoms with Crippen molar-refractivity contribution >= 4 is 5.97 Å². The molecule has 1 aliphatic heterocycles. The highest BCUT2D eigenvalue weighted by Gasteiger charge is 2.29. The van der Waals surface area contributed by atoms with Crippen molar-refractivity contribution in [2.75, 3.05) is 13.2 Å². The zero-order valence-electron chi connectivity index (χ0n) is 12.6. The van der Waals surface area contributed by atoms with Crippen molar-refractivity contribution in [3.63, 3.8) is 0 Å². The molecule has 0 N–H and O–H groups in total. The van der Waals surface area contributed by atoms with Crippen LogP contribution in [-0.2, 0) is 19.0 Å². The number of hydrogen-bond acceptors (Lipinski definition) is 4. The summed E-state index contributed by atoms with van der Waals surface area (Å²) in [7, 11) is 0. The highest BCUT2D eigenvalue weighted by molar-refractivity contribution is 5.69. The second-order valence-electron chi connectivity index (χ2n) is 5.20. The number of ether oxygens (including phenoxy) is 3. The normalized spacial score (nSPS) is 22.4. The van der Waals surface area contributed by atoms with Gasteiger partial charge in [0.25, 0.3) is 0 Å². The SMILES string of the molecule is C=CCO[C@@H]1OCCC[C@H]1OC(=O)CCCCCCC. The van der Waals surface area contributed by atoms with Crippen LogP contribution in [0.3, 0.4) is 0 Å². The Hall–Kier alpha value is -0.870. The van der Waals surface area contributed by atoms with Crippen molar-refractivity contribution in [3.8, 4) is 0 Å². The molecule has 0 aliphatic carbocycles. The van der Waals surface area contributed by atoms with Gasteiger partial charge in [-0.25, -0.2) is 0 Å². The van der Waals surface area contributed by atoms with Gasteiger partial charge in [0.05, 0.1) is 13.2 Å². The first-order valence-corrected chi connectivity index (χ1v) is 7.81. The Bertz CT molecular complexity index is 278. The van der Waals surface area contributed by atoms with E-state index < -0.39 is 6.29 Å². The van der Waals surface area contributed by atoms with E-state index in [1.807, 2.05) is 0 Å². The average Bonchev–Trinajstić information content (AvgIpc) is 2.46. The van der Waals surface area contributed by atoms with Crippen LogP contribution in [0.2, 0.25) is 0 Å². The van der Waals surface area contributed by atoms with Gasteiger partial charge in [-0.15, -0.1) is 6.58 Å². The summed E-state index contributed by atoms with van der Waals surface area (Å²) in [5.41, 5.74) is 0. The monoisotopic (exact) mass is 284 g/mol. The van der Waals surface area contributed by atoms with Crippen LogP contribution in [0.15, 0.2) is 12.7 Å². The molecule has 1 heterocycles. The largest absolute Gasteiger partial charge is 0.457 e. The van der Waals surface area contributed by atoms with E-state index in [4.69, 9.17) is 14.2 Å². The topological polar surface area (TPSA) is 44.8 Å². The average molecular weight is 284 g/mol. The lowest BCUT2D eigenvalue weighted by Gasteiger charge is -2.30. The van der Waals surface area contributed by atoms with Crippen molar-refractivity contribution in [1.29, 1.82) is 0 Å². The van der Waals surface area contributed by atoms with E-state index in [1.54, 1.807) is 6.08 Å². The van der Waals surface area contributed by atoms with Gasteiger partial charge in [-0.3, -0.25) is 4.79 Å². The Balaban J connectivity index is 2.21. The predicted molar refractivity (Wildman–Crippen MR) is 78.4 cm³/mol. The first-order valence-electron chi connectivity index (χ1n) is 7.81. The van der Waals surface area contributed by atoms with Gasteiger partial charge in [-0.2, -0.15) is 0 Å². The van der Waals surface area contributed by atoms with Gasteiger partial charge in [0.1, 0.15) is 0 Å². The molecule has 0 unspecified atom stereocenters. The zero-order chi connectivity index (χ0) is 14.6. The predicted octanol–water partition coefficient (Wildman–Crippen LogP) is 3.60. The summed E-state index contributed by atoms with van der Waals surface area (Å²) >= 11 is 0. The molecule has 4 heteroatoms. The molecule has 20 heavy (non-hydrogen) atoms. The molecule has 0 saturated carbocycles. The van der Waals surface area contributed by atoms with Crippen LogP contribution in [0.5, 0.6) is 0 Å². The van der Waals surface area contributed by atoms with E-state index in [-0.39, 0.29) is 12.1 Å². The van der Waals surface area contributed by atoms with E-state index in [0.29, 0.717) is 19.6 Å². The summed E-state index contributed by atoms with van der Waals surface area (Å²) in [5, 5.41) is 0. The third kappa shape index (κ3) is 7.06. The summed E-state index contributed by atoms with van der Waals surface area (Å²) in [6, 6.07) is 0. The first-order chi connectivity index (χ1) is 9.77. The fourth-order valence-electron chi connectivity index (χ4n) is 2.26. The standard InChI is InChI=1S/C16H28O4/c1-3-5-6-7-8-11-15(17)20-14-10-9-13-19-16(14)18-12-4-2/h4,14,16H,2-3,5-13H2,1H3/t14-,16-/m1/s1. The Morgan fingerprint density at radius 1 is 1.35 bits per heavy atom. The lowest BCUT2D eigenvalue weighted by atomic mass is 10.1. The van der Waals surface area contributed by atoms with Crippen LogP contribution in [0.4, 0.5) is 0 Å². The van der Waals surface area contributed by atoms with Crippen LogP contribution >= 0.6 is 0 Å². The minimum Gasteiger partial charge on any atom is -0.457 e. The Morgan fingerprint density at radius 3 is 2.90 bits per heavy atom. The molecule has 0 radical (unpaired) electrons. The number of carbonyl (C=O) groups excluding carboxylic acids is 1. The molecule has 0 aromatic heterocycles. The van der Waals surface area contributed by atoms with Gasteiger partial charge in [0.15, 0.2) is 12.4 Å². The fourth-order valence-corrected chi connectivity index (χ4v) is 2.26. The molecule has 0 bridgehead atoms. The minimum absolute atomic E-state index is 0.135. The highest BCUT2D eigenvalue weighted by Crippen LogP contribution is 2.19. The summed E-state index contributed by atoms with van der Waals surface area (Å²) in [6.45, 7) is 6.86. The Labute approximate surface area is 122 Å². The van der Waals surface area contributed by atoms with Crippen LogP contribution < -0.4 is 0 Å². The zero-order valence-corrected chi connectivity index (χ0v) is 12.6. The third-order valence-electron chi connectivity index (χ3n) is 3.36. The van der Waals surface area contributed by atoms with Crippen molar-refractivity contribution in [1.82, 2.24) is 0 Å². The number of esters is 1. The molecule has 2 atom stereocenters. The number of rotatable bonds is 10. The molecule has 116 valence electrons. The second-order valence-corrected chi connectivity index (χ2v) is 5.20. The van der Waals surface area contributed by atoms with Crippen molar-refractivity contribution in [2.24, 2.45) is 0 Å². The maximum Gasteiger partial charge on any atom is 0.306 e. The van der Waals surface area contributed by atoms with E-state index >= 15 is 0 Å². The van der Waals surface area contributed by atoms with Crippen LogP contribution in [0, 0.1) is 0 Å². The molecule has 4 nitrogen and oxygen atoms in total. The summed E-state index contributed by atoms with van der Waals surface area (Å²) < 4.78 is 16.5. The first kappa shape index (κ1) is 17.2. The molecule has 0 aromatic rings. The van der Waals surface area contributed by atoms with E-state index in [9.17, 15) is 4.79 Å². The van der Waals surface area contributed by atoms with Gasteiger partial charge < -0.3 is 14.2 Å². The molecule has 0 aromatic carbocycles.